The highest BCUT2D eigenvalue weighted by Crippen LogP contribution is 2.47. The first-order chi connectivity index (χ1) is 20.7. The molecule has 0 saturated heterocycles. The van der Waals surface area contributed by atoms with Crippen LogP contribution in [0.2, 0.25) is 0 Å². The second-order valence-corrected chi connectivity index (χ2v) is 12.0. The van der Waals surface area contributed by atoms with Gasteiger partial charge in [0.1, 0.15) is 0 Å². The molecule has 206 valence electrons. The summed E-state index contributed by atoms with van der Waals surface area (Å²) in [5.74, 6) is 0.444. The van der Waals surface area contributed by atoms with Crippen LogP contribution >= 0.6 is 11.8 Å². The van der Waals surface area contributed by atoms with E-state index in [-0.39, 0.29) is 0 Å². The van der Waals surface area contributed by atoms with Gasteiger partial charge in [-0.25, -0.2) is 0 Å². The van der Waals surface area contributed by atoms with E-state index in [1.165, 1.54) is 43.8 Å². The first-order valence-electron chi connectivity index (χ1n) is 14.7. The molecule has 1 aromatic heterocycles. The molecule has 3 heteroatoms. The van der Waals surface area contributed by atoms with Crippen LogP contribution in [0.15, 0.2) is 138 Å². The summed E-state index contributed by atoms with van der Waals surface area (Å²) in [6, 6.07) is 36.6. The van der Waals surface area contributed by atoms with Crippen LogP contribution in [0.5, 0.6) is 0 Å². The van der Waals surface area contributed by atoms with Gasteiger partial charge in [0, 0.05) is 44.9 Å². The molecule has 0 bridgehead atoms. The second kappa shape index (κ2) is 11.4. The molecular weight excluding hydrogens is 529 g/mol. The van der Waals surface area contributed by atoms with Crippen LogP contribution in [0.1, 0.15) is 35.7 Å². The molecule has 2 N–H and O–H groups in total. The number of anilines is 1. The Hall–Kier alpha value is -4.47. The summed E-state index contributed by atoms with van der Waals surface area (Å²) in [6.45, 7) is 3.11. The number of benzene rings is 4. The van der Waals surface area contributed by atoms with Gasteiger partial charge in [-0.05, 0) is 64.1 Å². The van der Waals surface area contributed by atoms with E-state index in [2.05, 4.69) is 132 Å². The Balaban J connectivity index is 1.34. The number of hydrogen-bond donors (Lipinski definition) is 1. The highest BCUT2D eigenvalue weighted by Gasteiger charge is 2.28. The van der Waals surface area contributed by atoms with Gasteiger partial charge in [0.15, 0.2) is 0 Å². The monoisotopic (exact) mass is 562 g/mol. The van der Waals surface area contributed by atoms with Crippen molar-refractivity contribution in [1.82, 2.24) is 4.57 Å². The molecule has 7 rings (SSSR count). The van der Waals surface area contributed by atoms with Crippen molar-refractivity contribution in [2.24, 2.45) is 5.92 Å². The number of para-hydroxylation sites is 2. The second-order valence-electron chi connectivity index (χ2n) is 11.1. The predicted octanol–water partition coefficient (Wildman–Crippen LogP) is 10.1. The van der Waals surface area contributed by atoms with Crippen molar-refractivity contribution in [3.63, 3.8) is 0 Å². The summed E-state index contributed by atoms with van der Waals surface area (Å²) >= 11 is 1.88. The maximum absolute atomic E-state index is 6.58. The number of rotatable bonds is 5. The number of hydrogen-bond acceptors (Lipinski definition) is 2. The minimum absolute atomic E-state index is 0.444. The number of allylic oxidation sites excluding steroid dienone is 5. The zero-order valence-electron chi connectivity index (χ0n) is 23.8. The third-order valence-electron chi connectivity index (χ3n) is 8.59. The Morgan fingerprint density at radius 1 is 0.833 bits per heavy atom. The average molecular weight is 563 g/mol. The summed E-state index contributed by atoms with van der Waals surface area (Å²) in [4.78, 5) is 1.44. The van der Waals surface area contributed by atoms with Gasteiger partial charge >= 0.3 is 0 Å². The fourth-order valence-electron chi connectivity index (χ4n) is 6.45. The van der Waals surface area contributed by atoms with Crippen LogP contribution in [0.25, 0.3) is 32.5 Å². The quantitative estimate of drug-likeness (QED) is 0.216. The smallest absolute Gasteiger partial charge is 0.0492 e. The molecule has 4 aromatic carbocycles. The fourth-order valence-corrected chi connectivity index (χ4v) is 7.55. The van der Waals surface area contributed by atoms with Crippen molar-refractivity contribution in [3.05, 3.63) is 161 Å². The third-order valence-corrected chi connectivity index (χ3v) is 9.58. The van der Waals surface area contributed by atoms with Gasteiger partial charge in [-0.1, -0.05) is 134 Å². The van der Waals surface area contributed by atoms with Crippen molar-refractivity contribution in [1.29, 1.82) is 0 Å². The van der Waals surface area contributed by atoms with E-state index in [9.17, 15) is 0 Å². The Bertz CT molecular complexity index is 1880. The molecular formula is C39H34N2S. The fraction of sp³-hybridized carbons (Fsp3) is 0.128. The van der Waals surface area contributed by atoms with Gasteiger partial charge in [0.05, 0.1) is 0 Å². The molecule has 1 unspecified atom stereocenters. The van der Waals surface area contributed by atoms with Gasteiger partial charge in [-0.2, -0.15) is 0 Å². The van der Waals surface area contributed by atoms with E-state index in [0.717, 1.165) is 36.2 Å². The molecule has 1 atom stereocenters. The van der Waals surface area contributed by atoms with Crippen LogP contribution in [0, 0.1) is 5.92 Å². The summed E-state index contributed by atoms with van der Waals surface area (Å²) in [6.07, 6.45) is 11.2. The topological polar surface area (TPSA) is 30.9 Å². The Morgan fingerprint density at radius 3 is 2.40 bits per heavy atom. The minimum Gasteiger partial charge on any atom is -0.398 e. The number of nitrogens with two attached hydrogens (primary N) is 1. The minimum atomic E-state index is 0.444. The normalized spacial score (nSPS) is 18.2. The molecule has 0 amide bonds. The van der Waals surface area contributed by atoms with Crippen molar-refractivity contribution < 1.29 is 0 Å². The molecule has 1 aliphatic heterocycles. The van der Waals surface area contributed by atoms with E-state index in [1.807, 2.05) is 23.9 Å². The Kier molecular flexibility index (Phi) is 7.19. The van der Waals surface area contributed by atoms with Gasteiger partial charge in [0.2, 0.25) is 0 Å². The molecule has 0 spiro atoms. The highest BCUT2D eigenvalue weighted by atomic mass is 32.2. The lowest BCUT2D eigenvalue weighted by molar-refractivity contribution is 0.716. The van der Waals surface area contributed by atoms with Crippen LogP contribution in [0.4, 0.5) is 5.69 Å². The van der Waals surface area contributed by atoms with Crippen molar-refractivity contribution in [3.8, 4) is 11.1 Å². The number of nitrogens with zero attached hydrogens (tertiary/aromatic N) is 1. The number of fused-ring (bicyclic) bond motifs is 4. The van der Waals surface area contributed by atoms with Crippen LogP contribution in [-0.2, 0) is 13.0 Å². The maximum atomic E-state index is 6.58. The standard InChI is InChI=1S/C39H34N2S/c1-27-11-9-10-26-42-39-31(27)22-23-37-38(39)34-15-6-8-17-36(34)41(37)25-24-32(33-14-5-7-16-35(33)40)30-20-18-29(19-21-30)28-12-3-2-4-13-28/h2-21,24,26-27H,22-23,25,40H2,1H3/b11-9-,26-10-,32-24-. The summed E-state index contributed by atoms with van der Waals surface area (Å²) in [7, 11) is 0. The first kappa shape index (κ1) is 26.4. The van der Waals surface area contributed by atoms with E-state index >= 15 is 0 Å². The summed E-state index contributed by atoms with van der Waals surface area (Å²) < 4.78 is 2.54. The number of nitrogen functional groups attached to an aromatic ring is 1. The van der Waals surface area contributed by atoms with Crippen LogP contribution in [0.3, 0.4) is 0 Å². The van der Waals surface area contributed by atoms with Gasteiger partial charge in [-0.15, -0.1) is 0 Å². The van der Waals surface area contributed by atoms with Gasteiger partial charge in [0.25, 0.3) is 0 Å². The lowest BCUT2D eigenvalue weighted by Crippen LogP contribution is -2.12. The molecule has 5 aromatic rings. The van der Waals surface area contributed by atoms with E-state index in [1.54, 1.807) is 5.57 Å². The molecule has 0 fully saturated rings. The van der Waals surface area contributed by atoms with Crippen LogP contribution in [-0.4, -0.2) is 4.57 Å². The number of aromatic nitrogens is 1. The average Bonchev–Trinajstić information content (AvgIpc) is 3.35. The predicted molar refractivity (Wildman–Crippen MR) is 182 cm³/mol. The number of thioether (sulfide) groups is 1. The van der Waals surface area contributed by atoms with Crippen LogP contribution < -0.4 is 5.73 Å². The van der Waals surface area contributed by atoms with Gasteiger partial charge < -0.3 is 10.3 Å². The lowest BCUT2D eigenvalue weighted by Gasteiger charge is -2.25. The molecule has 2 heterocycles. The van der Waals surface area contributed by atoms with Crippen molar-refractivity contribution in [2.45, 2.75) is 26.3 Å². The summed E-state index contributed by atoms with van der Waals surface area (Å²) in [5, 5.41) is 3.58. The van der Waals surface area contributed by atoms with Crippen molar-refractivity contribution >= 4 is 38.8 Å². The summed E-state index contributed by atoms with van der Waals surface area (Å²) in [5.41, 5.74) is 18.9. The van der Waals surface area contributed by atoms with E-state index in [0.29, 0.717) is 5.92 Å². The van der Waals surface area contributed by atoms with E-state index < -0.39 is 0 Å². The molecule has 2 aliphatic rings. The first-order valence-corrected chi connectivity index (χ1v) is 15.6. The molecule has 1 aliphatic carbocycles. The molecule has 0 saturated carbocycles. The lowest BCUT2D eigenvalue weighted by atomic mass is 9.87. The van der Waals surface area contributed by atoms with Crippen molar-refractivity contribution in [2.75, 3.05) is 5.73 Å². The maximum Gasteiger partial charge on any atom is 0.0492 e. The highest BCUT2D eigenvalue weighted by molar-refractivity contribution is 8.11. The van der Waals surface area contributed by atoms with Gasteiger partial charge in [-0.3, -0.25) is 0 Å². The zero-order chi connectivity index (χ0) is 28.5. The largest absolute Gasteiger partial charge is 0.398 e. The Labute approximate surface area is 252 Å². The molecule has 2 nitrogen and oxygen atoms in total. The van der Waals surface area contributed by atoms with E-state index in [4.69, 9.17) is 5.73 Å². The Morgan fingerprint density at radius 2 is 1.57 bits per heavy atom. The molecule has 42 heavy (non-hydrogen) atoms. The zero-order valence-corrected chi connectivity index (χ0v) is 24.6. The SMILES string of the molecule is CC1/C=C\C=C/SC2=C1CCc1c2c2ccccc2n1C/C=C(/c1ccc(-c2ccccc2)cc1)c1ccccc1N. The third kappa shape index (κ3) is 4.84. The molecule has 0 radical (unpaired) electrons.